The van der Waals surface area contributed by atoms with Crippen molar-refractivity contribution in [3.63, 3.8) is 0 Å². The number of sulfone groups is 1. The lowest BCUT2D eigenvalue weighted by molar-refractivity contribution is -0.115. The van der Waals surface area contributed by atoms with Gasteiger partial charge in [0.2, 0.25) is 5.91 Å². The number of aryl methyl sites for hydroxylation is 2. The normalized spacial score (nSPS) is 13.2. The van der Waals surface area contributed by atoms with Crippen molar-refractivity contribution in [3.05, 3.63) is 76.5 Å². The van der Waals surface area contributed by atoms with E-state index in [9.17, 15) is 18.0 Å². The zero-order valence-electron chi connectivity index (χ0n) is 17.6. The van der Waals surface area contributed by atoms with E-state index in [0.717, 1.165) is 24.8 Å². The number of benzene rings is 2. The van der Waals surface area contributed by atoms with E-state index in [1.165, 1.54) is 22.8 Å². The molecule has 33 heavy (non-hydrogen) atoms. The highest BCUT2D eigenvalue weighted by Gasteiger charge is 2.20. The molecule has 5 rings (SSSR count). The molecule has 1 amide bonds. The van der Waals surface area contributed by atoms with Gasteiger partial charge < -0.3 is 10.3 Å². The second kappa shape index (κ2) is 8.28. The van der Waals surface area contributed by atoms with E-state index in [0.29, 0.717) is 22.4 Å². The molecular formula is C23H21N5O4S. The number of rotatable bonds is 6. The van der Waals surface area contributed by atoms with Crippen molar-refractivity contribution < 1.29 is 13.2 Å². The molecule has 0 unspecified atom stereocenters. The lowest BCUT2D eigenvalue weighted by atomic mass is 10.1. The Morgan fingerprint density at radius 3 is 2.82 bits per heavy atom. The molecule has 9 nitrogen and oxygen atoms in total. The van der Waals surface area contributed by atoms with Gasteiger partial charge >= 0.3 is 0 Å². The van der Waals surface area contributed by atoms with Crippen molar-refractivity contribution >= 4 is 32.5 Å². The van der Waals surface area contributed by atoms with Crippen LogP contribution in [-0.2, 0) is 27.5 Å². The van der Waals surface area contributed by atoms with Gasteiger partial charge in [0.1, 0.15) is 5.39 Å². The third-order valence-electron chi connectivity index (χ3n) is 5.80. The highest BCUT2D eigenvalue weighted by atomic mass is 32.2. The number of nitrogens with one attached hydrogen (secondary N) is 2. The summed E-state index contributed by atoms with van der Waals surface area (Å²) in [6.45, 7) is 0. The lowest BCUT2D eigenvalue weighted by Gasteiger charge is -2.12. The first-order valence-electron chi connectivity index (χ1n) is 10.6. The van der Waals surface area contributed by atoms with Crippen LogP contribution in [0.5, 0.6) is 0 Å². The molecule has 2 aromatic carbocycles. The van der Waals surface area contributed by atoms with Gasteiger partial charge in [-0.05, 0) is 54.7 Å². The summed E-state index contributed by atoms with van der Waals surface area (Å²) >= 11 is 0. The van der Waals surface area contributed by atoms with Gasteiger partial charge in [0, 0.05) is 6.42 Å². The number of aromatic nitrogens is 4. The summed E-state index contributed by atoms with van der Waals surface area (Å²) in [6, 6.07) is 12.2. The molecular weight excluding hydrogens is 442 g/mol. The zero-order chi connectivity index (χ0) is 23.0. The molecule has 0 radical (unpaired) electrons. The van der Waals surface area contributed by atoms with Crippen molar-refractivity contribution in [3.8, 4) is 5.69 Å². The molecule has 0 saturated carbocycles. The Kier molecular flexibility index (Phi) is 5.29. The molecule has 10 heteroatoms. The molecule has 2 N–H and O–H groups in total. The maximum absolute atomic E-state index is 12.8. The summed E-state index contributed by atoms with van der Waals surface area (Å²) in [7, 11) is -3.58. The number of hydrogen-bond donors (Lipinski definition) is 2. The highest BCUT2D eigenvalue weighted by Crippen LogP contribution is 2.26. The minimum Gasteiger partial charge on any atom is -0.324 e. The maximum Gasteiger partial charge on any atom is 0.261 e. The van der Waals surface area contributed by atoms with Gasteiger partial charge in [0.05, 0.1) is 34.5 Å². The van der Waals surface area contributed by atoms with Gasteiger partial charge in [-0.3, -0.25) is 9.59 Å². The van der Waals surface area contributed by atoms with Crippen LogP contribution in [0.15, 0.2) is 64.7 Å². The Balaban J connectivity index is 1.34. The van der Waals surface area contributed by atoms with E-state index in [2.05, 4.69) is 20.4 Å². The fourth-order valence-electron chi connectivity index (χ4n) is 4.10. The van der Waals surface area contributed by atoms with E-state index in [1.807, 2.05) is 6.07 Å². The van der Waals surface area contributed by atoms with Crippen LogP contribution in [0.1, 0.15) is 24.0 Å². The molecule has 1 aliphatic carbocycles. The van der Waals surface area contributed by atoms with E-state index in [1.54, 1.807) is 36.4 Å². The molecule has 1 aliphatic rings. The Labute approximate surface area is 189 Å². The molecule has 2 heterocycles. The number of fused-ring (bicyclic) bond motifs is 2. The standard InChI is InChI=1S/C23H21N5O4S/c29-21(10-11-33(31,32)17-9-8-15-4-3-5-16(15)12-17)27-19-6-1-2-7-20(19)28-22-18(13-26-28)23(30)25-14-24-22/h1-2,6-9,12-14H,3-5,10-11H2,(H,27,29)(H,24,25,30). The number of para-hydroxylation sites is 2. The summed E-state index contributed by atoms with van der Waals surface area (Å²) in [5, 5.41) is 7.32. The number of carbonyl (C=O) groups excluding carboxylic acids is 1. The number of hydrogen-bond acceptors (Lipinski definition) is 6. The Morgan fingerprint density at radius 1 is 1.12 bits per heavy atom. The molecule has 168 valence electrons. The van der Waals surface area contributed by atoms with Gasteiger partial charge in [0.15, 0.2) is 15.5 Å². The Hall–Kier alpha value is -3.79. The minimum absolute atomic E-state index is 0.189. The number of anilines is 1. The lowest BCUT2D eigenvalue weighted by Crippen LogP contribution is -2.18. The molecule has 0 aliphatic heterocycles. The average Bonchev–Trinajstić information content (AvgIpc) is 3.45. The van der Waals surface area contributed by atoms with Crippen LogP contribution in [0.3, 0.4) is 0 Å². The summed E-state index contributed by atoms with van der Waals surface area (Å²) < 4.78 is 27.0. The fraction of sp³-hybridized carbons (Fsp3) is 0.217. The largest absolute Gasteiger partial charge is 0.324 e. The van der Waals surface area contributed by atoms with Crippen molar-refractivity contribution in [1.29, 1.82) is 0 Å². The third kappa shape index (κ3) is 4.05. The van der Waals surface area contributed by atoms with Crippen LogP contribution in [-0.4, -0.2) is 39.8 Å². The number of carbonyl (C=O) groups is 1. The zero-order valence-corrected chi connectivity index (χ0v) is 18.4. The summed E-state index contributed by atoms with van der Waals surface area (Å²) in [6.07, 6.45) is 5.41. The first kappa shape index (κ1) is 21.1. The average molecular weight is 464 g/mol. The van der Waals surface area contributed by atoms with Crippen LogP contribution in [0.25, 0.3) is 16.7 Å². The van der Waals surface area contributed by atoms with E-state index < -0.39 is 15.7 Å². The summed E-state index contributed by atoms with van der Waals surface area (Å²) in [5.41, 5.74) is 3.26. The van der Waals surface area contributed by atoms with Crippen molar-refractivity contribution in [1.82, 2.24) is 19.7 Å². The SMILES string of the molecule is O=C(CCS(=O)(=O)c1ccc2c(c1)CCC2)Nc1ccccc1-n1ncc2c(=O)[nH]cnc21. The topological polar surface area (TPSA) is 127 Å². The van der Waals surface area contributed by atoms with Gasteiger partial charge in [-0.2, -0.15) is 5.10 Å². The fourth-order valence-corrected chi connectivity index (χ4v) is 5.38. The molecule has 4 aromatic rings. The predicted molar refractivity (Wildman–Crippen MR) is 123 cm³/mol. The third-order valence-corrected chi connectivity index (χ3v) is 7.52. The van der Waals surface area contributed by atoms with Crippen LogP contribution in [0.2, 0.25) is 0 Å². The van der Waals surface area contributed by atoms with Gasteiger partial charge in [0.25, 0.3) is 5.56 Å². The Morgan fingerprint density at radius 2 is 1.94 bits per heavy atom. The Bertz CT molecular complexity index is 1540. The molecule has 0 atom stereocenters. The van der Waals surface area contributed by atoms with E-state index >= 15 is 0 Å². The van der Waals surface area contributed by atoms with Gasteiger partial charge in [-0.15, -0.1) is 0 Å². The second-order valence-corrected chi connectivity index (χ2v) is 10.1. The van der Waals surface area contributed by atoms with Crippen molar-refractivity contribution in [2.75, 3.05) is 11.1 Å². The molecule has 0 fully saturated rings. The van der Waals surface area contributed by atoms with Crippen LogP contribution >= 0.6 is 0 Å². The van der Waals surface area contributed by atoms with Crippen LogP contribution in [0.4, 0.5) is 5.69 Å². The highest BCUT2D eigenvalue weighted by molar-refractivity contribution is 7.91. The first-order chi connectivity index (χ1) is 15.9. The number of amides is 1. The van der Waals surface area contributed by atoms with E-state index in [-0.39, 0.29) is 22.6 Å². The summed E-state index contributed by atoms with van der Waals surface area (Å²) in [4.78, 5) is 31.5. The number of H-pyrrole nitrogens is 1. The second-order valence-electron chi connectivity index (χ2n) is 7.94. The molecule has 0 saturated heterocycles. The monoisotopic (exact) mass is 463 g/mol. The maximum atomic E-state index is 12.8. The quantitative estimate of drug-likeness (QED) is 0.452. The number of nitrogens with zero attached hydrogens (tertiary/aromatic N) is 3. The molecule has 0 spiro atoms. The van der Waals surface area contributed by atoms with E-state index in [4.69, 9.17) is 0 Å². The van der Waals surface area contributed by atoms with Crippen LogP contribution < -0.4 is 10.9 Å². The van der Waals surface area contributed by atoms with Crippen molar-refractivity contribution in [2.45, 2.75) is 30.6 Å². The van der Waals surface area contributed by atoms with Crippen LogP contribution in [0, 0.1) is 0 Å². The predicted octanol–water partition coefficient (Wildman–Crippen LogP) is 2.40. The van der Waals surface area contributed by atoms with Crippen molar-refractivity contribution in [2.24, 2.45) is 0 Å². The minimum atomic E-state index is -3.58. The molecule has 0 bridgehead atoms. The summed E-state index contributed by atoms with van der Waals surface area (Å²) in [5.74, 6) is -0.726. The van der Waals surface area contributed by atoms with Gasteiger partial charge in [-0.25, -0.2) is 18.1 Å². The van der Waals surface area contributed by atoms with Gasteiger partial charge in [-0.1, -0.05) is 18.2 Å². The smallest absolute Gasteiger partial charge is 0.261 e. The molecule has 2 aromatic heterocycles. The number of aromatic amines is 1. The first-order valence-corrected chi connectivity index (χ1v) is 12.2.